The standard InChI is InChI=1S/C11H19NO/c1-10(2)5-7-13-8-6-11(3,4)9-12/h1,5-8H2,2-4H3. The first-order valence-corrected chi connectivity index (χ1v) is 4.61. The van der Waals surface area contributed by atoms with E-state index < -0.39 is 0 Å². The fourth-order valence-corrected chi connectivity index (χ4v) is 0.732. The number of hydrogen-bond acceptors (Lipinski definition) is 2. The van der Waals surface area contributed by atoms with Crippen LogP contribution in [0.25, 0.3) is 0 Å². The molecule has 0 heterocycles. The molecule has 0 bridgehead atoms. The lowest BCUT2D eigenvalue weighted by Gasteiger charge is -2.14. The van der Waals surface area contributed by atoms with Crippen LogP contribution in [-0.4, -0.2) is 13.2 Å². The van der Waals surface area contributed by atoms with E-state index >= 15 is 0 Å². The molecule has 13 heavy (non-hydrogen) atoms. The van der Waals surface area contributed by atoms with Crippen molar-refractivity contribution in [2.75, 3.05) is 13.2 Å². The Kier molecular flexibility index (Phi) is 5.41. The highest BCUT2D eigenvalue weighted by atomic mass is 16.5. The van der Waals surface area contributed by atoms with Gasteiger partial charge in [-0.15, -0.1) is 6.58 Å². The zero-order chi connectivity index (χ0) is 10.3. The summed E-state index contributed by atoms with van der Waals surface area (Å²) in [6.45, 7) is 11.0. The Balaban J connectivity index is 3.37. The van der Waals surface area contributed by atoms with E-state index in [2.05, 4.69) is 12.6 Å². The summed E-state index contributed by atoms with van der Waals surface area (Å²) < 4.78 is 5.37. The molecule has 0 saturated heterocycles. The van der Waals surface area contributed by atoms with Gasteiger partial charge in [0.15, 0.2) is 0 Å². The first kappa shape index (κ1) is 12.2. The predicted octanol–water partition coefficient (Wildman–Crippen LogP) is 2.91. The number of nitriles is 1. The zero-order valence-electron chi connectivity index (χ0n) is 8.89. The number of rotatable bonds is 6. The molecule has 2 nitrogen and oxygen atoms in total. The van der Waals surface area contributed by atoms with E-state index in [0.717, 1.165) is 25.0 Å². The number of hydrogen-bond donors (Lipinski definition) is 0. The van der Waals surface area contributed by atoms with Gasteiger partial charge in [-0.25, -0.2) is 0 Å². The van der Waals surface area contributed by atoms with E-state index in [-0.39, 0.29) is 5.41 Å². The summed E-state index contributed by atoms with van der Waals surface area (Å²) in [5.74, 6) is 0. The molecule has 0 N–H and O–H groups in total. The van der Waals surface area contributed by atoms with Crippen molar-refractivity contribution in [3.05, 3.63) is 12.2 Å². The molecule has 0 aliphatic rings. The van der Waals surface area contributed by atoms with Gasteiger partial charge in [0, 0.05) is 6.61 Å². The SMILES string of the molecule is C=C(C)CCOCCC(C)(C)C#N. The second-order valence-corrected chi connectivity index (χ2v) is 4.07. The Bertz CT molecular complexity index is 201. The maximum Gasteiger partial charge on any atom is 0.0684 e. The average molecular weight is 181 g/mol. The van der Waals surface area contributed by atoms with Crippen LogP contribution in [-0.2, 0) is 4.74 Å². The summed E-state index contributed by atoms with van der Waals surface area (Å²) in [5, 5.41) is 8.72. The van der Waals surface area contributed by atoms with E-state index in [4.69, 9.17) is 10.00 Å². The monoisotopic (exact) mass is 181 g/mol. The second-order valence-electron chi connectivity index (χ2n) is 4.07. The molecular formula is C11H19NO. The molecule has 2 heteroatoms. The molecule has 0 aromatic rings. The van der Waals surface area contributed by atoms with Crippen molar-refractivity contribution in [2.45, 2.75) is 33.6 Å². The predicted molar refractivity (Wildman–Crippen MR) is 54.3 cm³/mol. The molecule has 0 radical (unpaired) electrons. The van der Waals surface area contributed by atoms with Gasteiger partial charge in [-0.2, -0.15) is 5.26 Å². The van der Waals surface area contributed by atoms with Crippen LogP contribution in [0.4, 0.5) is 0 Å². The van der Waals surface area contributed by atoms with Crippen LogP contribution in [0.3, 0.4) is 0 Å². The second kappa shape index (κ2) is 5.77. The molecule has 0 rings (SSSR count). The minimum atomic E-state index is -0.261. The fraction of sp³-hybridized carbons (Fsp3) is 0.727. The smallest absolute Gasteiger partial charge is 0.0684 e. The molecule has 0 aliphatic heterocycles. The maximum absolute atomic E-state index is 8.72. The molecule has 0 atom stereocenters. The quantitative estimate of drug-likeness (QED) is 0.466. The van der Waals surface area contributed by atoms with Crippen molar-refractivity contribution >= 4 is 0 Å². The van der Waals surface area contributed by atoms with Gasteiger partial charge in [-0.3, -0.25) is 0 Å². The molecule has 0 aromatic heterocycles. The first-order chi connectivity index (χ1) is 5.98. The molecule has 74 valence electrons. The van der Waals surface area contributed by atoms with Crippen LogP contribution in [0.1, 0.15) is 33.6 Å². The molecule has 0 amide bonds. The zero-order valence-corrected chi connectivity index (χ0v) is 8.89. The third-order valence-electron chi connectivity index (χ3n) is 1.85. The normalized spacial score (nSPS) is 10.9. The summed E-state index contributed by atoms with van der Waals surface area (Å²) in [6.07, 6.45) is 1.70. The molecule has 0 spiro atoms. The van der Waals surface area contributed by atoms with Crippen molar-refractivity contribution in [3.63, 3.8) is 0 Å². The lowest BCUT2D eigenvalue weighted by atomic mass is 9.92. The van der Waals surface area contributed by atoms with Gasteiger partial charge in [0.05, 0.1) is 18.1 Å². The van der Waals surface area contributed by atoms with Gasteiger partial charge >= 0.3 is 0 Å². The van der Waals surface area contributed by atoms with Crippen molar-refractivity contribution in [1.29, 1.82) is 5.26 Å². The Labute approximate surface area is 81.2 Å². The number of ether oxygens (including phenoxy) is 1. The van der Waals surface area contributed by atoms with Crippen molar-refractivity contribution in [2.24, 2.45) is 5.41 Å². The maximum atomic E-state index is 8.72. The van der Waals surface area contributed by atoms with Crippen LogP contribution in [0, 0.1) is 16.7 Å². The van der Waals surface area contributed by atoms with Gasteiger partial charge in [-0.05, 0) is 33.6 Å². The fourth-order valence-electron chi connectivity index (χ4n) is 0.732. The lowest BCUT2D eigenvalue weighted by molar-refractivity contribution is 0.117. The highest BCUT2D eigenvalue weighted by molar-refractivity contribution is 4.91. The van der Waals surface area contributed by atoms with Gasteiger partial charge in [0.25, 0.3) is 0 Å². The lowest BCUT2D eigenvalue weighted by Crippen LogP contribution is -2.12. The van der Waals surface area contributed by atoms with Gasteiger partial charge in [0.1, 0.15) is 0 Å². The van der Waals surface area contributed by atoms with Crippen molar-refractivity contribution in [3.8, 4) is 6.07 Å². The Hall–Kier alpha value is -0.810. The summed E-state index contributed by atoms with van der Waals surface area (Å²) in [6, 6.07) is 2.24. The van der Waals surface area contributed by atoms with Gasteiger partial charge < -0.3 is 4.74 Å². The minimum absolute atomic E-state index is 0.261. The average Bonchev–Trinajstić information content (AvgIpc) is 2.03. The van der Waals surface area contributed by atoms with Crippen molar-refractivity contribution in [1.82, 2.24) is 0 Å². The van der Waals surface area contributed by atoms with Crippen LogP contribution >= 0.6 is 0 Å². The van der Waals surface area contributed by atoms with Gasteiger partial charge in [-0.1, -0.05) is 5.57 Å². The third kappa shape index (κ3) is 7.55. The summed E-state index contributed by atoms with van der Waals surface area (Å²) in [4.78, 5) is 0. The van der Waals surface area contributed by atoms with E-state index in [1.165, 1.54) is 0 Å². The largest absolute Gasteiger partial charge is 0.381 e. The van der Waals surface area contributed by atoms with Crippen LogP contribution < -0.4 is 0 Å². The first-order valence-electron chi connectivity index (χ1n) is 4.61. The molecule has 0 saturated carbocycles. The molecule has 0 aromatic carbocycles. The summed E-state index contributed by atoms with van der Waals surface area (Å²) in [7, 11) is 0. The van der Waals surface area contributed by atoms with Gasteiger partial charge in [0.2, 0.25) is 0 Å². The Morgan fingerprint density at radius 2 is 2.08 bits per heavy atom. The van der Waals surface area contributed by atoms with E-state index in [0.29, 0.717) is 6.61 Å². The van der Waals surface area contributed by atoms with E-state index in [1.54, 1.807) is 0 Å². The third-order valence-corrected chi connectivity index (χ3v) is 1.85. The highest BCUT2D eigenvalue weighted by Crippen LogP contribution is 2.18. The van der Waals surface area contributed by atoms with Crippen LogP contribution in [0.5, 0.6) is 0 Å². The van der Waals surface area contributed by atoms with E-state index in [9.17, 15) is 0 Å². The molecule has 0 unspecified atom stereocenters. The van der Waals surface area contributed by atoms with Crippen LogP contribution in [0.15, 0.2) is 12.2 Å². The molecule has 0 aliphatic carbocycles. The summed E-state index contributed by atoms with van der Waals surface area (Å²) in [5.41, 5.74) is 0.878. The molecular weight excluding hydrogens is 162 g/mol. The molecule has 0 fully saturated rings. The Morgan fingerprint density at radius 3 is 2.54 bits per heavy atom. The van der Waals surface area contributed by atoms with E-state index in [1.807, 2.05) is 20.8 Å². The summed E-state index contributed by atoms with van der Waals surface area (Å²) >= 11 is 0. The van der Waals surface area contributed by atoms with Crippen molar-refractivity contribution < 1.29 is 4.74 Å². The van der Waals surface area contributed by atoms with Crippen LogP contribution in [0.2, 0.25) is 0 Å². The minimum Gasteiger partial charge on any atom is -0.381 e. The number of nitrogens with zero attached hydrogens (tertiary/aromatic N) is 1. The topological polar surface area (TPSA) is 33.0 Å². The highest BCUT2D eigenvalue weighted by Gasteiger charge is 2.15. The Morgan fingerprint density at radius 1 is 1.46 bits per heavy atom.